The molecule has 7 heteroatoms. The maximum Gasteiger partial charge on any atom is 0.262 e. The van der Waals surface area contributed by atoms with Crippen molar-refractivity contribution in [2.75, 3.05) is 6.54 Å². The van der Waals surface area contributed by atoms with Gasteiger partial charge in [-0.05, 0) is 17.7 Å². The third-order valence-electron chi connectivity index (χ3n) is 4.25. The standard InChI is InChI=1S/C18H14N2O5/c21-11-16(15(10-19(24)25)12-6-2-1-3-7-12)20-17(22)13-8-4-5-9-14(13)18(20)23/h1-9,11,15-16H,10H2/t15-,16-/m0/s1. The number of benzene rings is 2. The van der Waals surface area contributed by atoms with Crippen molar-refractivity contribution in [1.82, 2.24) is 4.90 Å². The van der Waals surface area contributed by atoms with Crippen LogP contribution in [0.3, 0.4) is 0 Å². The van der Waals surface area contributed by atoms with Crippen LogP contribution in [0.4, 0.5) is 0 Å². The van der Waals surface area contributed by atoms with E-state index in [1.807, 2.05) is 0 Å². The highest BCUT2D eigenvalue weighted by atomic mass is 16.6. The van der Waals surface area contributed by atoms with Gasteiger partial charge in [0.05, 0.1) is 17.0 Å². The first-order chi connectivity index (χ1) is 12.0. The second kappa shape index (κ2) is 6.64. The van der Waals surface area contributed by atoms with Crippen molar-refractivity contribution in [3.8, 4) is 0 Å². The molecule has 1 aliphatic rings. The Labute approximate surface area is 143 Å². The lowest BCUT2D eigenvalue weighted by Gasteiger charge is -2.27. The summed E-state index contributed by atoms with van der Waals surface area (Å²) in [6, 6.07) is 13.4. The van der Waals surface area contributed by atoms with Gasteiger partial charge in [0.1, 0.15) is 12.3 Å². The number of carbonyl (C=O) groups excluding carboxylic acids is 3. The molecule has 1 heterocycles. The predicted molar refractivity (Wildman–Crippen MR) is 87.8 cm³/mol. The van der Waals surface area contributed by atoms with Gasteiger partial charge in [-0.1, -0.05) is 42.5 Å². The molecule has 0 aromatic heterocycles. The minimum Gasteiger partial charge on any atom is -0.301 e. The minimum absolute atomic E-state index is 0.201. The summed E-state index contributed by atoms with van der Waals surface area (Å²) in [6.45, 7) is -0.569. The van der Waals surface area contributed by atoms with Crippen molar-refractivity contribution in [3.05, 3.63) is 81.4 Å². The highest BCUT2D eigenvalue weighted by Crippen LogP contribution is 2.30. The number of nitrogens with zero attached hydrogens (tertiary/aromatic N) is 2. The number of nitro groups is 1. The molecule has 0 radical (unpaired) electrons. The van der Waals surface area contributed by atoms with E-state index in [2.05, 4.69) is 0 Å². The van der Waals surface area contributed by atoms with Crippen molar-refractivity contribution in [2.45, 2.75) is 12.0 Å². The van der Waals surface area contributed by atoms with Crippen LogP contribution in [0.15, 0.2) is 54.6 Å². The van der Waals surface area contributed by atoms with Crippen LogP contribution in [0.25, 0.3) is 0 Å². The van der Waals surface area contributed by atoms with Gasteiger partial charge < -0.3 is 4.79 Å². The molecule has 7 nitrogen and oxygen atoms in total. The van der Waals surface area contributed by atoms with Gasteiger partial charge >= 0.3 is 0 Å². The zero-order chi connectivity index (χ0) is 18.0. The zero-order valence-corrected chi connectivity index (χ0v) is 13.1. The average molecular weight is 338 g/mol. The third kappa shape index (κ3) is 2.91. The van der Waals surface area contributed by atoms with Crippen LogP contribution < -0.4 is 0 Å². The number of hydrogen-bond donors (Lipinski definition) is 0. The highest BCUT2D eigenvalue weighted by Gasteiger charge is 2.44. The SMILES string of the molecule is O=C[C@@H]([C@@H](C[N+](=O)[O-])c1ccccc1)N1C(=O)c2ccccc2C1=O. The third-order valence-corrected chi connectivity index (χ3v) is 4.25. The molecule has 2 aromatic rings. The van der Waals surface area contributed by atoms with Crippen LogP contribution in [-0.4, -0.2) is 40.5 Å². The lowest BCUT2D eigenvalue weighted by molar-refractivity contribution is -0.484. The first-order valence-electron chi connectivity index (χ1n) is 7.63. The van der Waals surface area contributed by atoms with Crippen LogP contribution in [0.2, 0.25) is 0 Å². The summed E-state index contributed by atoms with van der Waals surface area (Å²) in [4.78, 5) is 48.4. The number of amides is 2. The molecule has 1 aliphatic heterocycles. The van der Waals surface area contributed by atoms with Crippen LogP contribution in [-0.2, 0) is 4.79 Å². The second-order valence-corrected chi connectivity index (χ2v) is 5.69. The monoisotopic (exact) mass is 338 g/mol. The van der Waals surface area contributed by atoms with E-state index < -0.39 is 35.2 Å². The Morgan fingerprint density at radius 3 is 1.96 bits per heavy atom. The van der Waals surface area contributed by atoms with Crippen LogP contribution in [0.5, 0.6) is 0 Å². The molecule has 0 unspecified atom stereocenters. The van der Waals surface area contributed by atoms with Crippen molar-refractivity contribution in [1.29, 1.82) is 0 Å². The molecular formula is C18H14N2O5. The van der Waals surface area contributed by atoms with E-state index >= 15 is 0 Å². The Hall–Kier alpha value is -3.35. The Morgan fingerprint density at radius 2 is 1.48 bits per heavy atom. The van der Waals surface area contributed by atoms with E-state index in [1.54, 1.807) is 42.5 Å². The number of aldehydes is 1. The number of hydrogen-bond acceptors (Lipinski definition) is 5. The predicted octanol–water partition coefficient (Wildman–Crippen LogP) is 1.91. The van der Waals surface area contributed by atoms with E-state index in [-0.39, 0.29) is 11.1 Å². The van der Waals surface area contributed by atoms with Gasteiger partial charge in [-0.15, -0.1) is 0 Å². The van der Waals surface area contributed by atoms with Gasteiger partial charge in [0.25, 0.3) is 11.8 Å². The Morgan fingerprint density at radius 1 is 0.960 bits per heavy atom. The van der Waals surface area contributed by atoms with Gasteiger partial charge in [0.15, 0.2) is 0 Å². The normalized spacial score (nSPS) is 15.6. The molecule has 2 atom stereocenters. The maximum atomic E-state index is 12.6. The maximum absolute atomic E-state index is 12.6. The van der Waals surface area contributed by atoms with E-state index in [1.165, 1.54) is 12.1 Å². The van der Waals surface area contributed by atoms with E-state index in [4.69, 9.17) is 0 Å². The molecule has 0 aliphatic carbocycles. The summed E-state index contributed by atoms with van der Waals surface area (Å²) in [6.07, 6.45) is 0.433. The smallest absolute Gasteiger partial charge is 0.262 e. The molecule has 126 valence electrons. The first-order valence-corrected chi connectivity index (χ1v) is 7.63. The summed E-state index contributed by atoms with van der Waals surface area (Å²) in [5.41, 5.74) is 0.924. The van der Waals surface area contributed by atoms with E-state index in [0.29, 0.717) is 11.8 Å². The molecule has 0 fully saturated rings. The molecular weight excluding hydrogens is 324 g/mol. The van der Waals surface area contributed by atoms with Crippen molar-refractivity contribution in [3.63, 3.8) is 0 Å². The van der Waals surface area contributed by atoms with Crippen LogP contribution >= 0.6 is 0 Å². The van der Waals surface area contributed by atoms with Crippen molar-refractivity contribution in [2.24, 2.45) is 0 Å². The van der Waals surface area contributed by atoms with Gasteiger partial charge in [-0.2, -0.15) is 0 Å². The fraction of sp³-hybridized carbons (Fsp3) is 0.167. The Kier molecular flexibility index (Phi) is 4.38. The highest BCUT2D eigenvalue weighted by molar-refractivity contribution is 6.22. The summed E-state index contributed by atoms with van der Waals surface area (Å²) in [5, 5.41) is 11.1. The zero-order valence-electron chi connectivity index (χ0n) is 13.1. The summed E-state index contributed by atoms with van der Waals surface area (Å²) in [5.74, 6) is -2.14. The van der Waals surface area contributed by atoms with Crippen molar-refractivity contribution < 1.29 is 19.3 Å². The van der Waals surface area contributed by atoms with Gasteiger partial charge in [0.2, 0.25) is 6.54 Å². The quantitative estimate of drug-likeness (QED) is 0.347. The van der Waals surface area contributed by atoms with Crippen LogP contribution in [0, 0.1) is 10.1 Å². The van der Waals surface area contributed by atoms with E-state index in [0.717, 1.165) is 4.90 Å². The molecule has 2 amide bonds. The van der Waals surface area contributed by atoms with Gasteiger partial charge in [0, 0.05) is 4.92 Å². The fourth-order valence-electron chi connectivity index (χ4n) is 3.09. The fourth-order valence-corrected chi connectivity index (χ4v) is 3.09. The summed E-state index contributed by atoms with van der Waals surface area (Å²) < 4.78 is 0. The molecule has 0 saturated carbocycles. The summed E-state index contributed by atoms with van der Waals surface area (Å²) in [7, 11) is 0. The lowest BCUT2D eigenvalue weighted by atomic mass is 9.91. The number of imide groups is 1. The van der Waals surface area contributed by atoms with Gasteiger partial charge in [-0.3, -0.25) is 24.6 Å². The average Bonchev–Trinajstić information content (AvgIpc) is 2.87. The Bertz CT molecular complexity index is 815. The summed E-state index contributed by atoms with van der Waals surface area (Å²) >= 11 is 0. The topological polar surface area (TPSA) is 97.6 Å². The molecule has 0 bridgehead atoms. The number of rotatable bonds is 6. The Balaban J connectivity index is 2.03. The molecule has 2 aromatic carbocycles. The largest absolute Gasteiger partial charge is 0.301 e. The number of fused-ring (bicyclic) bond motifs is 1. The molecule has 3 rings (SSSR count). The second-order valence-electron chi connectivity index (χ2n) is 5.69. The van der Waals surface area contributed by atoms with Gasteiger partial charge in [-0.25, -0.2) is 0 Å². The molecule has 0 saturated heterocycles. The lowest BCUT2D eigenvalue weighted by Crippen LogP contribution is -2.46. The van der Waals surface area contributed by atoms with E-state index in [9.17, 15) is 24.5 Å². The molecule has 25 heavy (non-hydrogen) atoms. The molecule has 0 N–H and O–H groups in total. The minimum atomic E-state index is -1.25. The van der Waals surface area contributed by atoms with Crippen LogP contribution in [0.1, 0.15) is 32.2 Å². The van der Waals surface area contributed by atoms with Crippen molar-refractivity contribution >= 4 is 18.1 Å². The first kappa shape index (κ1) is 16.5. The number of carbonyl (C=O) groups is 3. The molecule has 0 spiro atoms.